The van der Waals surface area contributed by atoms with Crippen LogP contribution in [0.15, 0.2) is 24.3 Å². The van der Waals surface area contributed by atoms with Crippen molar-refractivity contribution in [2.24, 2.45) is 5.92 Å². The molecule has 0 N–H and O–H groups in total. The van der Waals surface area contributed by atoms with E-state index in [0.717, 1.165) is 36.0 Å². The van der Waals surface area contributed by atoms with Gasteiger partial charge < -0.3 is 9.64 Å². The normalized spacial score (nSPS) is 18.5. The number of esters is 1. The lowest BCUT2D eigenvalue weighted by Gasteiger charge is -2.32. The maximum atomic E-state index is 12.0. The van der Waals surface area contributed by atoms with Crippen molar-refractivity contribution < 1.29 is 9.53 Å². The Morgan fingerprint density at radius 2 is 2.14 bits per heavy atom. The first-order valence-corrected chi connectivity index (χ1v) is 7.91. The Hall–Kier alpha value is -1.88. The molecule has 22 heavy (non-hydrogen) atoms. The van der Waals surface area contributed by atoms with E-state index in [4.69, 9.17) is 16.3 Å². The average Bonchev–Trinajstić information content (AvgIpc) is 2.56. The highest BCUT2D eigenvalue weighted by Crippen LogP contribution is 2.31. The largest absolute Gasteiger partial charge is 0.466 e. The lowest BCUT2D eigenvalue weighted by molar-refractivity contribution is -0.148. The number of benzene rings is 1. The standard InChI is InChI=1S/C16H18ClN3O2/c1-2-22-16(21)11-6-5-9-20(10-11)15-13-8-4-3-7-12(13)14(17)18-19-15/h3-4,7-8,11H,2,5-6,9-10H2,1H3/t11-/m1/s1. The van der Waals surface area contributed by atoms with E-state index in [1.807, 2.05) is 31.2 Å². The molecule has 1 atom stereocenters. The van der Waals surface area contributed by atoms with Crippen molar-refractivity contribution in [3.63, 3.8) is 0 Å². The predicted molar refractivity (Wildman–Crippen MR) is 86.1 cm³/mol. The summed E-state index contributed by atoms with van der Waals surface area (Å²) in [6, 6.07) is 7.80. The second-order valence-corrected chi connectivity index (χ2v) is 5.76. The van der Waals surface area contributed by atoms with E-state index < -0.39 is 0 Å². The molecule has 2 heterocycles. The fraction of sp³-hybridized carbons (Fsp3) is 0.438. The second kappa shape index (κ2) is 6.48. The summed E-state index contributed by atoms with van der Waals surface area (Å²) in [7, 11) is 0. The molecule has 1 aromatic carbocycles. The Morgan fingerprint density at radius 3 is 2.91 bits per heavy atom. The Morgan fingerprint density at radius 1 is 1.36 bits per heavy atom. The second-order valence-electron chi connectivity index (χ2n) is 5.40. The third kappa shape index (κ3) is 2.86. The molecule has 2 aromatic rings. The fourth-order valence-corrected chi connectivity index (χ4v) is 3.12. The number of ether oxygens (including phenoxy) is 1. The van der Waals surface area contributed by atoms with E-state index in [1.165, 1.54) is 0 Å². The highest BCUT2D eigenvalue weighted by Gasteiger charge is 2.28. The molecular formula is C16H18ClN3O2. The minimum Gasteiger partial charge on any atom is -0.466 e. The molecule has 6 heteroatoms. The first-order valence-electron chi connectivity index (χ1n) is 7.53. The van der Waals surface area contributed by atoms with Gasteiger partial charge in [0.25, 0.3) is 0 Å². The third-order valence-electron chi connectivity index (χ3n) is 3.96. The highest BCUT2D eigenvalue weighted by molar-refractivity contribution is 6.34. The number of anilines is 1. The monoisotopic (exact) mass is 319 g/mol. The van der Waals surface area contributed by atoms with Crippen molar-refractivity contribution in [2.45, 2.75) is 19.8 Å². The van der Waals surface area contributed by atoms with E-state index in [2.05, 4.69) is 15.1 Å². The minimum absolute atomic E-state index is 0.107. The Balaban J connectivity index is 1.91. The average molecular weight is 320 g/mol. The third-order valence-corrected chi connectivity index (χ3v) is 4.24. The quantitative estimate of drug-likeness (QED) is 0.814. The summed E-state index contributed by atoms with van der Waals surface area (Å²) in [6.45, 7) is 3.71. The molecule has 1 fully saturated rings. The van der Waals surface area contributed by atoms with Gasteiger partial charge in [-0.25, -0.2) is 0 Å². The van der Waals surface area contributed by atoms with Crippen LogP contribution in [0.5, 0.6) is 0 Å². The summed E-state index contributed by atoms with van der Waals surface area (Å²) in [6.07, 6.45) is 1.79. The molecule has 1 aliphatic heterocycles. The summed E-state index contributed by atoms with van der Waals surface area (Å²) < 4.78 is 5.15. The lowest BCUT2D eigenvalue weighted by atomic mass is 9.98. The van der Waals surface area contributed by atoms with Gasteiger partial charge in [0.15, 0.2) is 11.0 Å². The van der Waals surface area contributed by atoms with Crippen LogP contribution in [0.2, 0.25) is 5.15 Å². The molecule has 0 amide bonds. The van der Waals surface area contributed by atoms with Crippen molar-refractivity contribution in [1.29, 1.82) is 0 Å². The highest BCUT2D eigenvalue weighted by atomic mass is 35.5. The minimum atomic E-state index is -0.126. The van der Waals surface area contributed by atoms with Crippen molar-refractivity contribution in [2.75, 3.05) is 24.6 Å². The Kier molecular flexibility index (Phi) is 4.43. The number of halogens is 1. The number of carbonyl (C=O) groups is 1. The number of piperidine rings is 1. The number of hydrogen-bond donors (Lipinski definition) is 0. The number of fused-ring (bicyclic) bond motifs is 1. The van der Waals surface area contributed by atoms with Crippen LogP contribution in [-0.4, -0.2) is 35.9 Å². The molecule has 116 valence electrons. The van der Waals surface area contributed by atoms with Crippen molar-refractivity contribution in [3.05, 3.63) is 29.4 Å². The Labute approximate surface area is 134 Å². The molecule has 1 aromatic heterocycles. The molecule has 3 rings (SSSR count). The summed E-state index contributed by atoms with van der Waals surface area (Å²) >= 11 is 6.12. The van der Waals surface area contributed by atoms with Crippen LogP contribution in [0.4, 0.5) is 5.82 Å². The summed E-state index contributed by atoms with van der Waals surface area (Å²) in [5.41, 5.74) is 0. The maximum Gasteiger partial charge on any atom is 0.310 e. The first kappa shape index (κ1) is 15.0. The van der Waals surface area contributed by atoms with Gasteiger partial charge in [0.2, 0.25) is 0 Å². The van der Waals surface area contributed by atoms with Crippen LogP contribution >= 0.6 is 11.6 Å². The van der Waals surface area contributed by atoms with Crippen LogP contribution in [0.3, 0.4) is 0 Å². The van der Waals surface area contributed by atoms with Crippen molar-refractivity contribution >= 4 is 34.2 Å². The fourth-order valence-electron chi connectivity index (χ4n) is 2.91. The van der Waals surface area contributed by atoms with Gasteiger partial charge in [0.05, 0.1) is 12.5 Å². The van der Waals surface area contributed by atoms with Gasteiger partial charge in [-0.05, 0) is 19.8 Å². The zero-order valence-corrected chi connectivity index (χ0v) is 13.2. The van der Waals surface area contributed by atoms with Crippen molar-refractivity contribution in [1.82, 2.24) is 10.2 Å². The van der Waals surface area contributed by atoms with Crippen LogP contribution in [0, 0.1) is 5.92 Å². The summed E-state index contributed by atoms with van der Waals surface area (Å²) in [4.78, 5) is 14.1. The maximum absolute atomic E-state index is 12.0. The van der Waals surface area contributed by atoms with E-state index in [0.29, 0.717) is 18.3 Å². The zero-order chi connectivity index (χ0) is 15.5. The number of aromatic nitrogens is 2. The summed E-state index contributed by atoms with van der Waals surface area (Å²) in [5.74, 6) is 0.553. The van der Waals surface area contributed by atoms with E-state index in [1.54, 1.807) is 0 Å². The topological polar surface area (TPSA) is 55.3 Å². The van der Waals surface area contributed by atoms with Crippen LogP contribution in [-0.2, 0) is 9.53 Å². The molecule has 0 bridgehead atoms. The summed E-state index contributed by atoms with van der Waals surface area (Å²) in [5, 5.41) is 10.6. The van der Waals surface area contributed by atoms with Gasteiger partial charge in [-0.1, -0.05) is 35.9 Å². The van der Waals surface area contributed by atoms with Gasteiger partial charge >= 0.3 is 5.97 Å². The first-order chi connectivity index (χ1) is 10.7. The molecule has 0 spiro atoms. The van der Waals surface area contributed by atoms with Crippen LogP contribution in [0.1, 0.15) is 19.8 Å². The number of nitrogens with zero attached hydrogens (tertiary/aromatic N) is 3. The van der Waals surface area contributed by atoms with E-state index in [9.17, 15) is 4.79 Å². The predicted octanol–water partition coefficient (Wildman–Crippen LogP) is 3.06. The van der Waals surface area contributed by atoms with E-state index >= 15 is 0 Å². The van der Waals surface area contributed by atoms with Gasteiger partial charge in [0.1, 0.15) is 0 Å². The molecule has 1 saturated heterocycles. The van der Waals surface area contributed by atoms with Gasteiger partial charge in [-0.3, -0.25) is 4.79 Å². The van der Waals surface area contributed by atoms with Crippen LogP contribution in [0.25, 0.3) is 10.8 Å². The SMILES string of the molecule is CCOC(=O)[C@@H]1CCCN(c2nnc(Cl)c3ccccc23)C1. The van der Waals surface area contributed by atoms with Crippen LogP contribution < -0.4 is 4.90 Å². The molecule has 0 aliphatic carbocycles. The zero-order valence-electron chi connectivity index (χ0n) is 12.5. The van der Waals surface area contributed by atoms with Gasteiger partial charge in [0, 0.05) is 23.9 Å². The lowest BCUT2D eigenvalue weighted by Crippen LogP contribution is -2.40. The van der Waals surface area contributed by atoms with E-state index in [-0.39, 0.29) is 11.9 Å². The van der Waals surface area contributed by atoms with Crippen molar-refractivity contribution in [3.8, 4) is 0 Å². The molecule has 0 radical (unpaired) electrons. The number of carbonyl (C=O) groups excluding carboxylic acids is 1. The molecule has 1 aliphatic rings. The molecule has 0 unspecified atom stereocenters. The number of rotatable bonds is 3. The Bertz CT molecular complexity index is 692. The number of hydrogen-bond acceptors (Lipinski definition) is 5. The van der Waals surface area contributed by atoms with Gasteiger partial charge in [-0.15, -0.1) is 10.2 Å². The molecule has 5 nitrogen and oxygen atoms in total. The van der Waals surface area contributed by atoms with Gasteiger partial charge in [-0.2, -0.15) is 0 Å². The molecular weight excluding hydrogens is 302 g/mol. The molecule has 0 saturated carbocycles. The smallest absolute Gasteiger partial charge is 0.310 e.